The number of hydrogen-bond acceptors (Lipinski definition) is 2. The maximum atomic E-state index is 4.23. The number of nitrogens with zero attached hydrogens (tertiary/aromatic N) is 2. The largest absolute Gasteiger partial charge is 0.356 e. The van der Waals surface area contributed by atoms with Crippen molar-refractivity contribution in [2.45, 2.75) is 11.4 Å². The van der Waals surface area contributed by atoms with Crippen LogP contribution < -0.4 is 10.6 Å². The number of benzene rings is 1. The van der Waals surface area contributed by atoms with Gasteiger partial charge in [-0.05, 0) is 24.3 Å². The van der Waals surface area contributed by atoms with Crippen molar-refractivity contribution in [3.63, 3.8) is 0 Å². The van der Waals surface area contributed by atoms with Gasteiger partial charge < -0.3 is 15.2 Å². The van der Waals surface area contributed by atoms with E-state index in [2.05, 4.69) is 56.9 Å². The first kappa shape index (κ1) is 18.9. The molecule has 2 N–H and O–H groups in total. The average Bonchev–Trinajstić information content (AvgIpc) is 3.04. The standard InChI is InChI=1S/C16H22N4S.HI/c1-17-16(18-9-13-20-11-5-6-12-20)19-10-14-21-15-7-3-2-4-8-15;/h2-8,11-12H,9-10,13-14H2,1H3,(H2,17,18,19);1H. The van der Waals surface area contributed by atoms with E-state index in [9.17, 15) is 0 Å². The summed E-state index contributed by atoms with van der Waals surface area (Å²) in [6, 6.07) is 14.5. The first-order valence-corrected chi connectivity index (χ1v) is 8.10. The number of aromatic nitrogens is 1. The Bertz CT molecular complexity index is 528. The molecule has 0 aliphatic rings. The van der Waals surface area contributed by atoms with Crippen molar-refractivity contribution in [1.29, 1.82) is 0 Å². The lowest BCUT2D eigenvalue weighted by Gasteiger charge is -2.12. The molecule has 0 saturated carbocycles. The minimum atomic E-state index is 0. The van der Waals surface area contributed by atoms with Crippen LogP contribution in [0, 0.1) is 0 Å². The van der Waals surface area contributed by atoms with E-state index in [-0.39, 0.29) is 24.0 Å². The van der Waals surface area contributed by atoms with Gasteiger partial charge in [-0.15, -0.1) is 35.7 Å². The van der Waals surface area contributed by atoms with Gasteiger partial charge in [0.05, 0.1) is 0 Å². The van der Waals surface area contributed by atoms with Crippen LogP contribution in [0.1, 0.15) is 0 Å². The van der Waals surface area contributed by atoms with Crippen molar-refractivity contribution in [2.24, 2.45) is 4.99 Å². The number of nitrogens with one attached hydrogen (secondary N) is 2. The molecule has 1 aromatic heterocycles. The second kappa shape index (κ2) is 11.4. The van der Waals surface area contributed by atoms with Gasteiger partial charge in [0.15, 0.2) is 5.96 Å². The molecule has 1 heterocycles. The van der Waals surface area contributed by atoms with Gasteiger partial charge in [0, 0.05) is 49.7 Å². The van der Waals surface area contributed by atoms with Crippen LogP contribution in [0.2, 0.25) is 0 Å². The summed E-state index contributed by atoms with van der Waals surface area (Å²) in [5, 5.41) is 6.64. The molecule has 0 radical (unpaired) electrons. The SMILES string of the molecule is CN=C(NCCSc1ccccc1)NCCn1cccc1.I. The third kappa shape index (κ3) is 7.22. The number of aliphatic imine (C=N–C) groups is 1. The van der Waals surface area contributed by atoms with Gasteiger partial charge in [-0.3, -0.25) is 4.99 Å². The summed E-state index contributed by atoms with van der Waals surface area (Å²) in [4.78, 5) is 5.53. The van der Waals surface area contributed by atoms with E-state index in [4.69, 9.17) is 0 Å². The van der Waals surface area contributed by atoms with E-state index < -0.39 is 0 Å². The number of guanidine groups is 1. The lowest BCUT2D eigenvalue weighted by molar-refractivity contribution is 0.667. The third-order valence-electron chi connectivity index (χ3n) is 2.96. The van der Waals surface area contributed by atoms with Crippen molar-refractivity contribution >= 4 is 41.7 Å². The van der Waals surface area contributed by atoms with Crippen molar-refractivity contribution < 1.29 is 0 Å². The van der Waals surface area contributed by atoms with Gasteiger partial charge in [-0.2, -0.15) is 0 Å². The van der Waals surface area contributed by atoms with Gasteiger partial charge in [-0.1, -0.05) is 18.2 Å². The van der Waals surface area contributed by atoms with Crippen LogP contribution >= 0.6 is 35.7 Å². The summed E-state index contributed by atoms with van der Waals surface area (Å²) >= 11 is 1.85. The Labute approximate surface area is 153 Å². The fourth-order valence-corrected chi connectivity index (χ4v) is 2.69. The van der Waals surface area contributed by atoms with E-state index in [0.29, 0.717) is 0 Å². The first-order valence-electron chi connectivity index (χ1n) is 7.11. The molecule has 22 heavy (non-hydrogen) atoms. The van der Waals surface area contributed by atoms with Gasteiger partial charge >= 0.3 is 0 Å². The lowest BCUT2D eigenvalue weighted by atomic mass is 10.4. The quantitative estimate of drug-likeness (QED) is 0.233. The van der Waals surface area contributed by atoms with Crippen LogP contribution in [0.25, 0.3) is 0 Å². The highest BCUT2D eigenvalue weighted by Gasteiger charge is 1.97. The normalized spacial score (nSPS) is 10.9. The highest BCUT2D eigenvalue weighted by atomic mass is 127. The Balaban J connectivity index is 0.00000242. The second-order valence-electron chi connectivity index (χ2n) is 4.51. The number of halogens is 1. The average molecular weight is 430 g/mol. The number of thioether (sulfide) groups is 1. The Morgan fingerprint density at radius 1 is 1.05 bits per heavy atom. The summed E-state index contributed by atoms with van der Waals surface area (Å²) in [6.45, 7) is 2.69. The van der Waals surface area contributed by atoms with Crippen LogP contribution in [0.3, 0.4) is 0 Å². The molecular weight excluding hydrogens is 407 g/mol. The molecule has 4 nitrogen and oxygen atoms in total. The van der Waals surface area contributed by atoms with Crippen molar-refractivity contribution in [3.05, 3.63) is 54.9 Å². The topological polar surface area (TPSA) is 41.4 Å². The van der Waals surface area contributed by atoms with Crippen molar-refractivity contribution in [1.82, 2.24) is 15.2 Å². The Hall–Kier alpha value is -1.15. The molecular formula is C16H23IN4S. The van der Waals surface area contributed by atoms with Crippen LogP contribution in [-0.2, 0) is 6.54 Å². The Kier molecular flexibility index (Phi) is 9.81. The van der Waals surface area contributed by atoms with E-state index >= 15 is 0 Å². The first-order chi connectivity index (χ1) is 10.4. The molecule has 0 amide bonds. The summed E-state index contributed by atoms with van der Waals surface area (Å²) in [5.74, 6) is 1.87. The molecule has 0 saturated heterocycles. The Morgan fingerprint density at radius 3 is 2.41 bits per heavy atom. The zero-order valence-corrected chi connectivity index (χ0v) is 15.9. The van der Waals surface area contributed by atoms with Crippen LogP contribution in [0.4, 0.5) is 0 Å². The molecule has 6 heteroatoms. The number of rotatable bonds is 7. The molecule has 0 bridgehead atoms. The zero-order chi connectivity index (χ0) is 14.8. The van der Waals surface area contributed by atoms with Gasteiger partial charge in [0.1, 0.15) is 0 Å². The van der Waals surface area contributed by atoms with Gasteiger partial charge in [0.2, 0.25) is 0 Å². The van der Waals surface area contributed by atoms with Crippen molar-refractivity contribution in [3.8, 4) is 0 Å². The van der Waals surface area contributed by atoms with E-state index in [0.717, 1.165) is 31.3 Å². The van der Waals surface area contributed by atoms with E-state index in [1.807, 2.05) is 30.0 Å². The predicted molar refractivity (Wildman–Crippen MR) is 106 cm³/mol. The maximum Gasteiger partial charge on any atom is 0.191 e. The zero-order valence-electron chi connectivity index (χ0n) is 12.7. The molecule has 120 valence electrons. The van der Waals surface area contributed by atoms with Crippen LogP contribution in [-0.4, -0.2) is 36.4 Å². The molecule has 2 rings (SSSR count). The minimum Gasteiger partial charge on any atom is -0.356 e. The highest BCUT2D eigenvalue weighted by molar-refractivity contribution is 14.0. The minimum absolute atomic E-state index is 0. The van der Waals surface area contributed by atoms with Gasteiger partial charge in [-0.25, -0.2) is 0 Å². The Morgan fingerprint density at radius 2 is 1.73 bits per heavy atom. The molecule has 0 aliphatic heterocycles. The highest BCUT2D eigenvalue weighted by Crippen LogP contribution is 2.15. The van der Waals surface area contributed by atoms with E-state index in [1.165, 1.54) is 4.90 Å². The van der Waals surface area contributed by atoms with Crippen LogP contribution in [0.5, 0.6) is 0 Å². The maximum absolute atomic E-state index is 4.23. The molecule has 2 aromatic rings. The summed E-state index contributed by atoms with van der Waals surface area (Å²) in [6.07, 6.45) is 4.13. The molecule has 0 spiro atoms. The molecule has 1 aromatic carbocycles. The fourth-order valence-electron chi connectivity index (χ4n) is 1.90. The van der Waals surface area contributed by atoms with Crippen molar-refractivity contribution in [2.75, 3.05) is 25.9 Å². The third-order valence-corrected chi connectivity index (χ3v) is 3.97. The lowest BCUT2D eigenvalue weighted by Crippen LogP contribution is -2.39. The summed E-state index contributed by atoms with van der Waals surface area (Å²) in [5.41, 5.74) is 0. The van der Waals surface area contributed by atoms with Crippen LogP contribution in [0.15, 0.2) is 64.7 Å². The summed E-state index contributed by atoms with van der Waals surface area (Å²) in [7, 11) is 1.80. The summed E-state index contributed by atoms with van der Waals surface area (Å²) < 4.78 is 2.14. The van der Waals surface area contributed by atoms with Gasteiger partial charge in [0.25, 0.3) is 0 Å². The second-order valence-corrected chi connectivity index (χ2v) is 5.68. The predicted octanol–water partition coefficient (Wildman–Crippen LogP) is 3.06. The molecule has 0 unspecified atom stereocenters. The van der Waals surface area contributed by atoms with E-state index in [1.54, 1.807) is 7.05 Å². The number of hydrogen-bond donors (Lipinski definition) is 2. The smallest absolute Gasteiger partial charge is 0.191 e. The fraction of sp³-hybridized carbons (Fsp3) is 0.312. The molecule has 0 aliphatic carbocycles. The monoisotopic (exact) mass is 430 g/mol. The molecule has 0 atom stereocenters. The molecule has 0 fully saturated rings.